The second-order valence-corrected chi connectivity index (χ2v) is 11.4. The third-order valence-corrected chi connectivity index (χ3v) is 8.85. The first-order chi connectivity index (χ1) is 20.4. The molecule has 1 spiro atoms. The Morgan fingerprint density at radius 2 is 1.76 bits per heavy atom. The van der Waals surface area contributed by atoms with Crippen LogP contribution in [-0.2, 0) is 11.3 Å². The number of carbonyl (C=O) groups excluding carboxylic acids is 1. The number of methoxy groups -OCH3 is 1. The third kappa shape index (κ3) is 5.30. The standard InChI is InChI=1S/C32H37N7O3/c1-4-16-38-29(40)27-22-33-31(35-28(27)39(38)26-7-5-6-23(21-26)30(41)42-3)34-24-8-10-25(11-9-24)37-19-14-32(15-20-37)12-17-36(2)18-13-32/h4-11,21-22H,1,12-20H2,2-3H3,(H,33,34,35). The molecule has 2 aromatic carbocycles. The molecule has 10 heteroatoms. The molecular weight excluding hydrogens is 530 g/mol. The Morgan fingerprint density at radius 3 is 2.45 bits per heavy atom. The lowest BCUT2D eigenvalue weighted by molar-refractivity contribution is 0.0600. The van der Waals surface area contributed by atoms with Crippen molar-refractivity contribution in [2.75, 3.05) is 50.6 Å². The molecule has 0 unspecified atom stereocenters. The van der Waals surface area contributed by atoms with E-state index in [9.17, 15) is 9.59 Å². The lowest BCUT2D eigenvalue weighted by Crippen LogP contribution is -2.46. The Hall–Kier alpha value is -4.44. The van der Waals surface area contributed by atoms with E-state index in [2.05, 4.69) is 45.9 Å². The SMILES string of the molecule is C=CCn1c(=O)c2cnc(Nc3ccc(N4CCC5(CCN(C)CC5)CC4)cc3)nc2n1-c1cccc(C(=O)OC)c1. The summed E-state index contributed by atoms with van der Waals surface area (Å²) in [5.74, 6) is -0.0942. The molecule has 1 N–H and O–H groups in total. The lowest BCUT2D eigenvalue weighted by Gasteiger charge is -2.46. The van der Waals surface area contributed by atoms with Crippen LogP contribution in [0.4, 0.5) is 17.3 Å². The maximum atomic E-state index is 13.3. The first-order valence-corrected chi connectivity index (χ1v) is 14.5. The molecule has 6 rings (SSSR count). The number of piperidine rings is 2. The second kappa shape index (κ2) is 11.4. The minimum atomic E-state index is -0.461. The van der Waals surface area contributed by atoms with Crippen molar-refractivity contribution in [2.24, 2.45) is 5.41 Å². The fourth-order valence-corrected chi connectivity index (χ4v) is 6.24. The Bertz CT molecular complexity index is 1660. The fourth-order valence-electron chi connectivity index (χ4n) is 6.24. The van der Waals surface area contributed by atoms with Crippen LogP contribution in [0.15, 0.2) is 72.2 Å². The van der Waals surface area contributed by atoms with Crippen LogP contribution in [0, 0.1) is 5.41 Å². The Labute approximate surface area is 245 Å². The Kier molecular flexibility index (Phi) is 7.55. The van der Waals surface area contributed by atoms with Crippen molar-refractivity contribution >= 4 is 34.3 Å². The van der Waals surface area contributed by atoms with Gasteiger partial charge in [-0.3, -0.25) is 4.79 Å². The van der Waals surface area contributed by atoms with Gasteiger partial charge in [-0.1, -0.05) is 12.1 Å². The van der Waals surface area contributed by atoms with Gasteiger partial charge in [-0.15, -0.1) is 6.58 Å². The summed E-state index contributed by atoms with van der Waals surface area (Å²) in [5.41, 5.74) is 3.75. The summed E-state index contributed by atoms with van der Waals surface area (Å²) in [5, 5.41) is 3.66. The molecule has 42 heavy (non-hydrogen) atoms. The molecule has 218 valence electrons. The van der Waals surface area contributed by atoms with Crippen LogP contribution in [-0.4, -0.2) is 70.5 Å². The van der Waals surface area contributed by atoms with E-state index >= 15 is 0 Å². The molecule has 2 fully saturated rings. The van der Waals surface area contributed by atoms with Gasteiger partial charge in [-0.2, -0.15) is 4.98 Å². The van der Waals surface area contributed by atoms with Crippen molar-refractivity contribution in [2.45, 2.75) is 32.2 Å². The molecule has 10 nitrogen and oxygen atoms in total. The first kappa shape index (κ1) is 27.7. The summed E-state index contributed by atoms with van der Waals surface area (Å²) in [4.78, 5) is 39.5. The smallest absolute Gasteiger partial charge is 0.337 e. The number of hydrogen-bond donors (Lipinski definition) is 1. The monoisotopic (exact) mass is 567 g/mol. The zero-order valence-corrected chi connectivity index (χ0v) is 24.3. The summed E-state index contributed by atoms with van der Waals surface area (Å²) < 4.78 is 8.10. The topological polar surface area (TPSA) is 97.5 Å². The zero-order valence-electron chi connectivity index (χ0n) is 24.3. The largest absolute Gasteiger partial charge is 0.465 e. The van der Waals surface area contributed by atoms with Crippen LogP contribution in [0.5, 0.6) is 0 Å². The van der Waals surface area contributed by atoms with Crippen molar-refractivity contribution in [1.29, 1.82) is 0 Å². The molecule has 0 aliphatic carbocycles. The fraction of sp³-hybridized carbons (Fsp3) is 0.375. The van der Waals surface area contributed by atoms with E-state index in [0.29, 0.717) is 33.6 Å². The summed E-state index contributed by atoms with van der Waals surface area (Å²) in [6, 6.07) is 15.3. The molecule has 4 heterocycles. The minimum absolute atomic E-state index is 0.243. The first-order valence-electron chi connectivity index (χ1n) is 14.5. The number of anilines is 3. The maximum Gasteiger partial charge on any atom is 0.337 e. The predicted octanol–water partition coefficient (Wildman–Crippen LogP) is 4.61. The van der Waals surface area contributed by atoms with Crippen LogP contribution >= 0.6 is 0 Å². The number of nitrogens with zero attached hydrogens (tertiary/aromatic N) is 6. The normalized spacial score (nSPS) is 17.0. The average molecular weight is 568 g/mol. The van der Waals surface area contributed by atoms with Gasteiger partial charge in [0, 0.05) is 30.7 Å². The van der Waals surface area contributed by atoms with Crippen LogP contribution in [0.25, 0.3) is 16.7 Å². The number of nitrogens with one attached hydrogen (secondary N) is 1. The number of rotatable bonds is 7. The highest BCUT2D eigenvalue weighted by atomic mass is 16.5. The molecule has 2 aromatic heterocycles. The number of esters is 1. The van der Waals surface area contributed by atoms with Gasteiger partial charge in [0.05, 0.1) is 24.9 Å². The summed E-state index contributed by atoms with van der Waals surface area (Å²) in [7, 11) is 3.56. The molecule has 2 aliphatic heterocycles. The van der Waals surface area contributed by atoms with Gasteiger partial charge in [-0.05, 0) is 93.7 Å². The Morgan fingerprint density at radius 1 is 1.05 bits per heavy atom. The summed E-state index contributed by atoms with van der Waals surface area (Å²) in [6.07, 6.45) is 8.31. The highest BCUT2D eigenvalue weighted by molar-refractivity contribution is 5.90. The number of hydrogen-bond acceptors (Lipinski definition) is 8. The molecule has 0 saturated carbocycles. The van der Waals surface area contributed by atoms with Gasteiger partial charge in [0.25, 0.3) is 5.56 Å². The highest BCUT2D eigenvalue weighted by Gasteiger charge is 2.36. The van der Waals surface area contributed by atoms with E-state index in [1.54, 1.807) is 29.0 Å². The van der Waals surface area contributed by atoms with Crippen molar-refractivity contribution < 1.29 is 9.53 Å². The molecule has 0 atom stereocenters. The van der Waals surface area contributed by atoms with Gasteiger partial charge in [0.2, 0.25) is 5.95 Å². The van der Waals surface area contributed by atoms with Gasteiger partial charge in [0.15, 0.2) is 5.65 Å². The van der Waals surface area contributed by atoms with Crippen molar-refractivity contribution in [3.8, 4) is 5.69 Å². The predicted molar refractivity (Wildman–Crippen MR) is 165 cm³/mol. The molecule has 2 saturated heterocycles. The number of aromatic nitrogens is 4. The number of allylic oxidation sites excluding steroid dienone is 1. The van der Waals surface area contributed by atoms with Crippen LogP contribution in [0.2, 0.25) is 0 Å². The number of carbonyl (C=O) groups is 1. The summed E-state index contributed by atoms with van der Waals surface area (Å²) >= 11 is 0. The maximum absolute atomic E-state index is 13.3. The zero-order chi connectivity index (χ0) is 29.3. The van der Waals surface area contributed by atoms with E-state index < -0.39 is 5.97 Å². The van der Waals surface area contributed by atoms with E-state index in [1.165, 1.54) is 62.4 Å². The lowest BCUT2D eigenvalue weighted by atomic mass is 9.71. The van der Waals surface area contributed by atoms with Crippen LogP contribution in [0.1, 0.15) is 36.0 Å². The van der Waals surface area contributed by atoms with E-state index in [-0.39, 0.29) is 12.1 Å². The van der Waals surface area contributed by atoms with Crippen molar-refractivity contribution in [3.63, 3.8) is 0 Å². The molecule has 4 aromatic rings. The average Bonchev–Trinajstić information content (AvgIpc) is 3.29. The number of ether oxygens (including phenoxy) is 1. The highest BCUT2D eigenvalue weighted by Crippen LogP contribution is 2.42. The van der Waals surface area contributed by atoms with Gasteiger partial charge in [-0.25, -0.2) is 19.1 Å². The van der Waals surface area contributed by atoms with Crippen molar-refractivity contribution in [3.05, 3.63) is 83.3 Å². The number of benzene rings is 2. The van der Waals surface area contributed by atoms with E-state index in [0.717, 1.165) is 18.8 Å². The molecule has 0 amide bonds. The van der Waals surface area contributed by atoms with Gasteiger partial charge >= 0.3 is 5.97 Å². The number of fused-ring (bicyclic) bond motifs is 1. The summed E-state index contributed by atoms with van der Waals surface area (Å²) in [6.45, 7) is 8.66. The Balaban J connectivity index is 1.23. The van der Waals surface area contributed by atoms with Crippen molar-refractivity contribution in [1.82, 2.24) is 24.2 Å². The molecule has 2 aliphatic rings. The molecule has 0 radical (unpaired) electrons. The molecule has 0 bridgehead atoms. The third-order valence-electron chi connectivity index (χ3n) is 8.85. The number of likely N-dealkylation sites (tertiary alicyclic amines) is 1. The van der Waals surface area contributed by atoms with E-state index in [1.807, 2.05) is 18.2 Å². The van der Waals surface area contributed by atoms with Crippen LogP contribution < -0.4 is 15.8 Å². The molecular formula is C32H37N7O3. The van der Waals surface area contributed by atoms with Gasteiger partial charge in [0.1, 0.15) is 5.39 Å². The van der Waals surface area contributed by atoms with E-state index in [4.69, 9.17) is 9.72 Å². The second-order valence-electron chi connectivity index (χ2n) is 11.4. The quantitative estimate of drug-likeness (QED) is 0.256. The minimum Gasteiger partial charge on any atom is -0.465 e. The van der Waals surface area contributed by atoms with Gasteiger partial charge < -0.3 is 19.9 Å². The van der Waals surface area contributed by atoms with Crippen LogP contribution in [0.3, 0.4) is 0 Å².